The van der Waals surface area contributed by atoms with Crippen LogP contribution in [-0.2, 0) is 4.79 Å². The minimum atomic E-state index is -0.254. The van der Waals surface area contributed by atoms with Gasteiger partial charge in [-0.05, 0) is 36.4 Å². The van der Waals surface area contributed by atoms with E-state index in [2.05, 4.69) is 10.3 Å². The highest BCUT2D eigenvalue weighted by Gasteiger charge is 2.13. The zero-order valence-electron chi connectivity index (χ0n) is 14.1. The lowest BCUT2D eigenvalue weighted by atomic mass is 10.3. The lowest BCUT2D eigenvalue weighted by molar-refractivity contribution is -0.113. The summed E-state index contributed by atoms with van der Waals surface area (Å²) in [7, 11) is 1.62. The molecule has 0 radical (unpaired) electrons. The van der Waals surface area contributed by atoms with Crippen LogP contribution in [-0.4, -0.2) is 28.3 Å². The number of nitrogens with zero attached hydrogens (tertiary/aromatic N) is 2. The molecule has 140 valence electrons. The summed E-state index contributed by atoms with van der Waals surface area (Å²) in [5.41, 5.74) is 1.26. The predicted octanol–water partition coefficient (Wildman–Crippen LogP) is 5.57. The Kier molecular flexibility index (Phi) is 6.55. The van der Waals surface area contributed by atoms with Gasteiger partial charge in [0, 0.05) is 23.1 Å². The fraction of sp³-hybridized carbons (Fsp3) is 0.111. The van der Waals surface area contributed by atoms with Crippen molar-refractivity contribution in [3.63, 3.8) is 0 Å². The Morgan fingerprint density at radius 1 is 1.19 bits per heavy atom. The van der Waals surface area contributed by atoms with Gasteiger partial charge in [-0.1, -0.05) is 46.6 Å². The maximum absolute atomic E-state index is 12.3. The molecule has 1 N–H and O–H groups in total. The molecule has 0 atom stereocenters. The van der Waals surface area contributed by atoms with E-state index in [1.807, 2.05) is 35.0 Å². The summed E-state index contributed by atoms with van der Waals surface area (Å²) in [4.78, 5) is 16.6. The second-order valence-electron chi connectivity index (χ2n) is 5.36. The number of halogens is 3. The normalized spacial score (nSPS) is 10.7. The average Bonchev–Trinajstić information content (AvgIpc) is 3.11. The molecule has 9 heteroatoms. The number of carbonyl (C=O) groups is 1. The van der Waals surface area contributed by atoms with Crippen LogP contribution in [0.1, 0.15) is 0 Å². The quantitative estimate of drug-likeness (QED) is 0.507. The second kappa shape index (κ2) is 8.89. The SMILES string of the molecule is COc1ccc(-n2ccnc2SCC(=O)Nc2c(Cl)cc(Cl)cc2Cl)cc1. The minimum absolute atomic E-state index is 0.141. The number of rotatable bonds is 6. The number of aromatic nitrogens is 2. The van der Waals surface area contributed by atoms with Crippen molar-refractivity contribution >= 4 is 58.2 Å². The molecule has 0 saturated heterocycles. The number of hydrogen-bond donors (Lipinski definition) is 1. The third-order valence-electron chi connectivity index (χ3n) is 3.56. The first-order valence-corrected chi connectivity index (χ1v) is 9.85. The van der Waals surface area contributed by atoms with Crippen molar-refractivity contribution in [3.8, 4) is 11.4 Å². The van der Waals surface area contributed by atoms with Crippen LogP contribution in [0.25, 0.3) is 5.69 Å². The van der Waals surface area contributed by atoms with E-state index in [1.165, 1.54) is 23.9 Å². The zero-order chi connectivity index (χ0) is 19.4. The number of benzene rings is 2. The number of carbonyl (C=O) groups excluding carboxylic acids is 1. The van der Waals surface area contributed by atoms with Gasteiger partial charge in [-0.15, -0.1) is 0 Å². The highest BCUT2D eigenvalue weighted by Crippen LogP contribution is 2.34. The Morgan fingerprint density at radius 2 is 1.85 bits per heavy atom. The standard InChI is InChI=1S/C18H14Cl3N3O2S/c1-26-13-4-2-12(3-5-13)24-7-6-22-18(24)27-10-16(25)23-17-14(20)8-11(19)9-15(17)21/h2-9H,10H2,1H3,(H,23,25). The summed E-state index contributed by atoms with van der Waals surface area (Å²) in [6.07, 6.45) is 3.51. The molecular formula is C18H14Cl3N3O2S. The fourth-order valence-corrected chi connectivity index (χ4v) is 3.99. The Morgan fingerprint density at radius 3 is 2.48 bits per heavy atom. The first kappa shape index (κ1) is 19.9. The largest absolute Gasteiger partial charge is 0.497 e. The third kappa shape index (κ3) is 4.90. The van der Waals surface area contributed by atoms with Crippen molar-refractivity contribution in [2.24, 2.45) is 0 Å². The highest BCUT2D eigenvalue weighted by molar-refractivity contribution is 7.99. The molecule has 3 aromatic rings. The maximum Gasteiger partial charge on any atom is 0.234 e. The van der Waals surface area contributed by atoms with Crippen LogP contribution in [0.4, 0.5) is 5.69 Å². The van der Waals surface area contributed by atoms with Crippen molar-refractivity contribution in [2.45, 2.75) is 5.16 Å². The molecule has 1 heterocycles. The Labute approximate surface area is 175 Å². The van der Waals surface area contributed by atoms with Crippen LogP contribution >= 0.6 is 46.6 Å². The molecular weight excluding hydrogens is 429 g/mol. The Balaban J connectivity index is 1.67. The van der Waals surface area contributed by atoms with Crippen molar-refractivity contribution in [3.05, 3.63) is 63.9 Å². The van der Waals surface area contributed by atoms with E-state index in [0.717, 1.165) is 11.4 Å². The van der Waals surface area contributed by atoms with Crippen LogP contribution in [0.5, 0.6) is 5.75 Å². The zero-order valence-corrected chi connectivity index (χ0v) is 17.2. The molecule has 0 saturated carbocycles. The summed E-state index contributed by atoms with van der Waals surface area (Å²) in [6, 6.07) is 10.6. The van der Waals surface area contributed by atoms with Gasteiger partial charge in [-0.2, -0.15) is 0 Å². The van der Waals surface area contributed by atoms with E-state index in [0.29, 0.717) is 15.9 Å². The van der Waals surface area contributed by atoms with Gasteiger partial charge in [0.05, 0.1) is 28.6 Å². The van der Waals surface area contributed by atoms with E-state index < -0.39 is 0 Å². The molecule has 27 heavy (non-hydrogen) atoms. The third-order valence-corrected chi connectivity index (χ3v) is 5.34. The summed E-state index contributed by atoms with van der Waals surface area (Å²) >= 11 is 19.4. The van der Waals surface area contributed by atoms with Crippen molar-refractivity contribution in [1.29, 1.82) is 0 Å². The number of ether oxygens (including phenoxy) is 1. The minimum Gasteiger partial charge on any atom is -0.497 e. The monoisotopic (exact) mass is 441 g/mol. The van der Waals surface area contributed by atoms with Crippen LogP contribution in [0.2, 0.25) is 15.1 Å². The molecule has 0 bridgehead atoms. The number of nitrogens with one attached hydrogen (secondary N) is 1. The molecule has 0 spiro atoms. The van der Waals surface area contributed by atoms with Gasteiger partial charge in [0.15, 0.2) is 5.16 Å². The summed E-state index contributed by atoms with van der Waals surface area (Å²) < 4.78 is 7.05. The maximum atomic E-state index is 12.3. The van der Waals surface area contributed by atoms with Crippen LogP contribution in [0.3, 0.4) is 0 Å². The summed E-state index contributed by atoms with van der Waals surface area (Å²) in [6.45, 7) is 0. The topological polar surface area (TPSA) is 56.2 Å². The number of hydrogen-bond acceptors (Lipinski definition) is 4. The smallest absolute Gasteiger partial charge is 0.234 e. The molecule has 0 aliphatic carbocycles. The van der Waals surface area contributed by atoms with Gasteiger partial charge < -0.3 is 10.1 Å². The number of methoxy groups -OCH3 is 1. The van der Waals surface area contributed by atoms with Gasteiger partial charge in [0.2, 0.25) is 5.91 Å². The van der Waals surface area contributed by atoms with E-state index in [9.17, 15) is 4.79 Å². The van der Waals surface area contributed by atoms with Crippen LogP contribution in [0, 0.1) is 0 Å². The lowest BCUT2D eigenvalue weighted by Gasteiger charge is -2.11. The van der Waals surface area contributed by atoms with Crippen LogP contribution < -0.4 is 10.1 Å². The Bertz CT molecular complexity index is 938. The first-order chi connectivity index (χ1) is 13.0. The van der Waals surface area contributed by atoms with Gasteiger partial charge in [-0.3, -0.25) is 9.36 Å². The molecule has 2 aromatic carbocycles. The number of imidazole rings is 1. The molecule has 1 aromatic heterocycles. The van der Waals surface area contributed by atoms with Crippen molar-refractivity contribution in [1.82, 2.24) is 9.55 Å². The molecule has 1 amide bonds. The molecule has 5 nitrogen and oxygen atoms in total. The fourth-order valence-electron chi connectivity index (χ4n) is 2.30. The molecule has 0 aliphatic heterocycles. The van der Waals surface area contributed by atoms with Gasteiger partial charge in [0.25, 0.3) is 0 Å². The summed E-state index contributed by atoms with van der Waals surface area (Å²) in [5.74, 6) is 0.655. The second-order valence-corrected chi connectivity index (χ2v) is 7.55. The van der Waals surface area contributed by atoms with Gasteiger partial charge in [-0.25, -0.2) is 4.98 Å². The highest BCUT2D eigenvalue weighted by atomic mass is 35.5. The average molecular weight is 443 g/mol. The predicted molar refractivity (Wildman–Crippen MR) is 111 cm³/mol. The van der Waals surface area contributed by atoms with E-state index >= 15 is 0 Å². The Hall–Kier alpha value is -1.86. The van der Waals surface area contributed by atoms with Crippen molar-refractivity contribution < 1.29 is 9.53 Å². The first-order valence-electron chi connectivity index (χ1n) is 7.73. The molecule has 0 unspecified atom stereocenters. The molecule has 3 rings (SSSR count). The van der Waals surface area contributed by atoms with Crippen molar-refractivity contribution in [2.75, 3.05) is 18.2 Å². The van der Waals surface area contributed by atoms with Gasteiger partial charge in [0.1, 0.15) is 5.75 Å². The number of thioether (sulfide) groups is 1. The van der Waals surface area contributed by atoms with E-state index in [1.54, 1.807) is 13.3 Å². The van der Waals surface area contributed by atoms with Gasteiger partial charge >= 0.3 is 0 Å². The lowest BCUT2D eigenvalue weighted by Crippen LogP contribution is -2.15. The van der Waals surface area contributed by atoms with E-state index in [-0.39, 0.29) is 21.7 Å². The molecule has 0 fully saturated rings. The number of anilines is 1. The number of amides is 1. The van der Waals surface area contributed by atoms with Crippen LogP contribution in [0.15, 0.2) is 53.9 Å². The summed E-state index contributed by atoms with van der Waals surface area (Å²) in [5, 5.41) is 4.36. The molecule has 0 aliphatic rings. The van der Waals surface area contributed by atoms with E-state index in [4.69, 9.17) is 39.5 Å².